The minimum absolute atomic E-state index is 0.0394. The average Bonchev–Trinajstić information content (AvgIpc) is 2.92. The van der Waals surface area contributed by atoms with Crippen LogP contribution >= 0.6 is 0 Å². The lowest BCUT2D eigenvalue weighted by molar-refractivity contribution is 0.582. The summed E-state index contributed by atoms with van der Waals surface area (Å²) in [6.45, 7) is 3.71. The van der Waals surface area contributed by atoms with Gasteiger partial charge in [0.1, 0.15) is 11.4 Å². The van der Waals surface area contributed by atoms with Gasteiger partial charge in [0.05, 0.1) is 9.79 Å². The molecule has 0 aliphatic carbocycles. The molecule has 10 heteroatoms. The van der Waals surface area contributed by atoms with Crippen LogP contribution in [-0.2, 0) is 20.0 Å². The molecule has 0 unspecified atom stereocenters. The van der Waals surface area contributed by atoms with Crippen LogP contribution in [-0.4, -0.2) is 28.3 Å². The first-order valence-corrected chi connectivity index (χ1v) is 14.6. The minimum atomic E-state index is -4.02. The maximum absolute atomic E-state index is 13.0. The van der Waals surface area contributed by atoms with E-state index in [1.807, 2.05) is 13.8 Å². The molecule has 8 nitrogen and oxygen atoms in total. The van der Waals surface area contributed by atoms with E-state index in [0.717, 1.165) is 11.1 Å². The number of nitrogens with one attached hydrogen (secondary N) is 2. The third-order valence-electron chi connectivity index (χ3n) is 5.54. The van der Waals surface area contributed by atoms with Crippen molar-refractivity contribution in [2.45, 2.75) is 23.6 Å². The molecule has 4 aromatic carbocycles. The third kappa shape index (κ3) is 6.53. The Kier molecular flexibility index (Phi) is 8.04. The Morgan fingerprint density at radius 3 is 1.13 bits per heavy atom. The first-order valence-electron chi connectivity index (χ1n) is 11.6. The zero-order valence-corrected chi connectivity index (χ0v) is 22.4. The van der Waals surface area contributed by atoms with E-state index in [1.54, 1.807) is 84.9 Å². The quantitative estimate of drug-likeness (QED) is 0.239. The molecule has 0 aliphatic heterocycles. The van der Waals surface area contributed by atoms with Crippen LogP contribution in [0.3, 0.4) is 0 Å². The first-order chi connectivity index (χ1) is 18.2. The summed E-state index contributed by atoms with van der Waals surface area (Å²) in [5, 5.41) is 8.48. The van der Waals surface area contributed by atoms with Gasteiger partial charge in [0.2, 0.25) is 0 Å². The van der Waals surface area contributed by atoms with Gasteiger partial charge in [-0.15, -0.1) is 0 Å². The lowest BCUT2D eigenvalue weighted by Crippen LogP contribution is -2.28. The highest BCUT2D eigenvalue weighted by Crippen LogP contribution is 2.14. The molecule has 0 fully saturated rings. The van der Waals surface area contributed by atoms with E-state index >= 15 is 0 Å². The van der Waals surface area contributed by atoms with Crippen molar-refractivity contribution >= 4 is 31.5 Å². The Morgan fingerprint density at radius 1 is 0.500 bits per heavy atom. The Morgan fingerprint density at radius 2 is 0.816 bits per heavy atom. The molecule has 0 atom stereocenters. The summed E-state index contributed by atoms with van der Waals surface area (Å²) in [4.78, 5) is 4.64. The summed E-state index contributed by atoms with van der Waals surface area (Å²) >= 11 is 0. The van der Waals surface area contributed by atoms with Gasteiger partial charge >= 0.3 is 0 Å². The smallest absolute Gasteiger partial charge is 0.200 e. The van der Waals surface area contributed by atoms with E-state index in [1.165, 1.54) is 24.3 Å². The van der Waals surface area contributed by atoms with Gasteiger partial charge in [-0.25, -0.2) is 0 Å². The zero-order chi connectivity index (χ0) is 27.2. The second-order valence-corrected chi connectivity index (χ2v) is 11.8. The van der Waals surface area contributed by atoms with Crippen molar-refractivity contribution in [1.29, 1.82) is 0 Å². The molecule has 0 radical (unpaired) electrons. The molecule has 0 aromatic heterocycles. The highest BCUT2D eigenvalue weighted by Gasteiger charge is 2.20. The fourth-order valence-corrected chi connectivity index (χ4v) is 5.07. The van der Waals surface area contributed by atoms with Gasteiger partial charge in [-0.2, -0.15) is 36.7 Å². The highest BCUT2D eigenvalue weighted by molar-refractivity contribution is 7.89. The molecule has 0 heterocycles. The molecular weight excluding hydrogens is 520 g/mol. The normalized spacial score (nSPS) is 12.7. The molecule has 2 N–H and O–H groups in total. The number of aryl methyl sites for hydroxylation is 2. The highest BCUT2D eigenvalue weighted by atomic mass is 32.2. The predicted molar refractivity (Wildman–Crippen MR) is 149 cm³/mol. The number of sulfonamides is 2. The molecular formula is C28H26N4O4S2. The van der Waals surface area contributed by atoms with Crippen molar-refractivity contribution in [1.82, 2.24) is 9.66 Å². The molecule has 0 saturated heterocycles. The van der Waals surface area contributed by atoms with Crippen LogP contribution in [0.2, 0.25) is 0 Å². The molecule has 0 amide bonds. The Balaban J connectivity index is 1.81. The van der Waals surface area contributed by atoms with E-state index < -0.39 is 20.0 Å². The number of hydrazone groups is 2. The predicted octanol–water partition coefficient (Wildman–Crippen LogP) is 4.37. The summed E-state index contributed by atoms with van der Waals surface area (Å²) < 4.78 is 52.0. The van der Waals surface area contributed by atoms with Crippen molar-refractivity contribution in [3.05, 3.63) is 131 Å². The lowest BCUT2D eigenvalue weighted by Gasteiger charge is -2.13. The molecule has 4 aromatic rings. The minimum Gasteiger partial charge on any atom is -0.200 e. The van der Waals surface area contributed by atoms with Gasteiger partial charge < -0.3 is 0 Å². The number of hydrogen-bond donors (Lipinski definition) is 2. The monoisotopic (exact) mass is 546 g/mol. The van der Waals surface area contributed by atoms with Crippen molar-refractivity contribution in [3.63, 3.8) is 0 Å². The molecule has 0 saturated carbocycles. The van der Waals surface area contributed by atoms with Gasteiger partial charge in [-0.05, 0) is 38.1 Å². The maximum atomic E-state index is 13.0. The maximum Gasteiger partial charge on any atom is 0.276 e. The van der Waals surface area contributed by atoms with Gasteiger partial charge in [-0.1, -0.05) is 96.1 Å². The summed E-state index contributed by atoms with van der Waals surface area (Å²) in [5.41, 5.74) is 3.12. The van der Waals surface area contributed by atoms with E-state index in [9.17, 15) is 16.8 Å². The van der Waals surface area contributed by atoms with Gasteiger partial charge in [-0.3, -0.25) is 0 Å². The fourth-order valence-electron chi connectivity index (χ4n) is 3.45. The number of benzene rings is 4. The Labute approximate surface area is 222 Å². The summed E-state index contributed by atoms with van der Waals surface area (Å²) in [7, 11) is -8.03. The Bertz CT molecular complexity index is 1540. The van der Waals surface area contributed by atoms with Crippen LogP contribution < -0.4 is 9.66 Å². The molecule has 0 spiro atoms. The molecule has 38 heavy (non-hydrogen) atoms. The van der Waals surface area contributed by atoms with Crippen molar-refractivity contribution in [2.24, 2.45) is 10.2 Å². The van der Waals surface area contributed by atoms with E-state index in [-0.39, 0.29) is 21.2 Å². The van der Waals surface area contributed by atoms with Gasteiger partial charge in [0.15, 0.2) is 0 Å². The van der Waals surface area contributed by atoms with Crippen molar-refractivity contribution in [3.8, 4) is 0 Å². The van der Waals surface area contributed by atoms with Crippen molar-refractivity contribution in [2.75, 3.05) is 0 Å². The van der Waals surface area contributed by atoms with E-state index in [4.69, 9.17) is 0 Å². The van der Waals surface area contributed by atoms with E-state index in [0.29, 0.717) is 11.1 Å². The second-order valence-electron chi connectivity index (χ2n) is 8.47. The van der Waals surface area contributed by atoms with Crippen LogP contribution in [0.5, 0.6) is 0 Å². The third-order valence-corrected chi connectivity index (χ3v) is 7.99. The van der Waals surface area contributed by atoms with Crippen LogP contribution in [0.25, 0.3) is 0 Å². The molecule has 4 rings (SSSR count). The fraction of sp³-hybridized carbons (Fsp3) is 0.0714. The zero-order valence-electron chi connectivity index (χ0n) is 20.7. The van der Waals surface area contributed by atoms with Crippen LogP contribution in [0, 0.1) is 13.8 Å². The SMILES string of the molecule is Cc1ccc(S(=O)(=O)N/N=C(\C(=N/NS(=O)(=O)c2ccc(C)cc2)c2ccccc2)c2ccccc2)cc1. The standard InChI is InChI=1S/C28H26N4O4S2/c1-21-13-17-25(18-14-21)37(33,34)31-29-27(23-9-5-3-6-10-23)28(24-11-7-4-8-12-24)30-32-38(35,36)26-19-15-22(2)16-20-26/h3-20,31-32H,1-2H3/b29-27-,30-28-. The van der Waals surface area contributed by atoms with Crippen molar-refractivity contribution < 1.29 is 16.8 Å². The van der Waals surface area contributed by atoms with Crippen LogP contribution in [0.1, 0.15) is 22.3 Å². The molecule has 194 valence electrons. The van der Waals surface area contributed by atoms with Gasteiger partial charge in [0, 0.05) is 11.1 Å². The second kappa shape index (κ2) is 11.4. The number of nitrogens with zero attached hydrogens (tertiary/aromatic N) is 2. The number of rotatable bonds is 9. The summed E-state index contributed by atoms with van der Waals surface area (Å²) in [5.74, 6) is 0. The van der Waals surface area contributed by atoms with Gasteiger partial charge in [0.25, 0.3) is 20.0 Å². The molecule has 0 aliphatic rings. The number of hydrogen-bond acceptors (Lipinski definition) is 6. The summed E-state index contributed by atoms with van der Waals surface area (Å²) in [6, 6.07) is 30.3. The van der Waals surface area contributed by atoms with E-state index in [2.05, 4.69) is 19.9 Å². The largest absolute Gasteiger partial charge is 0.276 e. The topological polar surface area (TPSA) is 117 Å². The van der Waals surface area contributed by atoms with Crippen LogP contribution in [0.4, 0.5) is 0 Å². The van der Waals surface area contributed by atoms with Crippen LogP contribution in [0.15, 0.2) is 129 Å². The lowest BCUT2D eigenvalue weighted by atomic mass is 10.00. The molecule has 0 bridgehead atoms. The Hall–Kier alpha value is -4.28. The first kappa shape index (κ1) is 26.8. The summed E-state index contributed by atoms with van der Waals surface area (Å²) in [6.07, 6.45) is 0. The average molecular weight is 547 g/mol.